The normalized spacial score (nSPS) is 19.1. The van der Waals surface area contributed by atoms with Crippen LogP contribution in [0.1, 0.15) is 92.5 Å². The van der Waals surface area contributed by atoms with Gasteiger partial charge in [-0.05, 0) is 104 Å². The van der Waals surface area contributed by atoms with Crippen LogP contribution in [0.2, 0.25) is 5.02 Å². The van der Waals surface area contributed by atoms with Gasteiger partial charge in [0.2, 0.25) is 5.95 Å². The number of halogens is 3. The monoisotopic (exact) mass is 916 g/mol. The van der Waals surface area contributed by atoms with Gasteiger partial charge in [0.05, 0.1) is 26.4 Å². The van der Waals surface area contributed by atoms with E-state index in [0.717, 1.165) is 84.5 Å². The molecule has 65 heavy (non-hydrogen) atoms. The van der Waals surface area contributed by atoms with E-state index in [1.807, 2.05) is 36.4 Å². The molecule has 2 aliphatic heterocycles. The highest BCUT2D eigenvalue weighted by Gasteiger charge is 2.64. The van der Waals surface area contributed by atoms with Crippen molar-refractivity contribution >= 4 is 56.4 Å². The first-order valence-electron chi connectivity index (χ1n) is 22.1. The van der Waals surface area contributed by atoms with Crippen LogP contribution in [0.15, 0.2) is 84.0 Å². The molecule has 5 heterocycles. The number of aryl methyl sites for hydroxylation is 3. The lowest BCUT2D eigenvalue weighted by atomic mass is 9.49. The highest BCUT2D eigenvalue weighted by Crippen LogP contribution is 2.55. The Labute approximate surface area is 386 Å². The topological polar surface area (TPSA) is 129 Å². The maximum atomic E-state index is 14.7. The fraction of sp³-hybridized carbons (Fsp3) is 0.400. The number of nitriles is 1. The van der Waals surface area contributed by atoms with Crippen molar-refractivity contribution < 1.29 is 18.3 Å². The number of carbonyl (C=O) groups is 1. The average molecular weight is 918 g/mol. The smallest absolute Gasteiger partial charge is 0.307 e. The van der Waals surface area contributed by atoms with E-state index in [2.05, 4.69) is 58.8 Å². The summed E-state index contributed by atoms with van der Waals surface area (Å²) in [6.07, 6.45) is 7.39. The second-order valence-corrected chi connectivity index (χ2v) is 20.2. The van der Waals surface area contributed by atoms with Gasteiger partial charge in [-0.1, -0.05) is 56.7 Å². The average Bonchev–Trinajstić information content (AvgIpc) is 3.60. The first-order valence-corrected chi connectivity index (χ1v) is 23.3. The first-order chi connectivity index (χ1) is 31.1. The van der Waals surface area contributed by atoms with E-state index in [9.17, 15) is 23.6 Å². The molecule has 1 N–H and O–H groups in total. The number of nitrogens with zero attached hydrogens (tertiary/aromatic N) is 7. The SMILES string of the molecule is Cn1c(=O)sc2ccc(N3CCCc4cc(-c5ccc(CCC6CCN(c7ncc(C(=O)NC8C(C)(C)C(Oc9ccc(C#N)c(Cl)c9)C8(C)C)cn7)CC6)nc5)c(C(F)F)cc43)cc21. The number of carbonyl (C=O) groups excluding carboxylic acids is 1. The number of pyridine rings is 1. The number of aromatic nitrogens is 4. The molecule has 2 fully saturated rings. The molecule has 9 rings (SSSR count). The van der Waals surface area contributed by atoms with Crippen molar-refractivity contribution in [2.24, 2.45) is 23.8 Å². The van der Waals surface area contributed by atoms with Crippen molar-refractivity contribution in [3.05, 3.63) is 122 Å². The Morgan fingerprint density at radius 3 is 2.42 bits per heavy atom. The molecule has 336 valence electrons. The Morgan fingerprint density at radius 2 is 1.74 bits per heavy atom. The molecule has 1 aliphatic carbocycles. The summed E-state index contributed by atoms with van der Waals surface area (Å²) in [7, 11) is 1.76. The van der Waals surface area contributed by atoms with E-state index in [-0.39, 0.29) is 28.5 Å². The Hall–Kier alpha value is -5.91. The summed E-state index contributed by atoms with van der Waals surface area (Å²) in [5.41, 5.74) is 5.60. The molecule has 11 nitrogen and oxygen atoms in total. The van der Waals surface area contributed by atoms with Crippen molar-refractivity contribution in [1.82, 2.24) is 24.8 Å². The number of fused-ring (bicyclic) bond motifs is 2. The van der Waals surface area contributed by atoms with E-state index in [4.69, 9.17) is 21.3 Å². The lowest BCUT2D eigenvalue weighted by molar-refractivity contribution is -0.164. The standard InChI is InChI=1S/C50H51ClF2N8O3S/c1-49(2)45(50(3,4)46(49)64-36-14-10-31(25-54)39(51)23-36)58-44(62)33-27-56-47(57-28-33)60-19-16-29(17-20-60)8-11-34-12-9-32(26-55-34)37-21-30-7-6-18-61(40(30)24-38(37)43(52)53)35-13-15-42-41(22-35)59(5)48(63)65-42/h9-10,12-15,21-24,26-29,43,45-46H,6-8,11,16-20H2,1-5H3,(H,58,62). The number of piperidine rings is 1. The lowest BCUT2D eigenvalue weighted by Crippen LogP contribution is -2.74. The van der Waals surface area contributed by atoms with Crippen LogP contribution >= 0.6 is 22.9 Å². The van der Waals surface area contributed by atoms with Crippen molar-refractivity contribution in [1.29, 1.82) is 5.26 Å². The minimum Gasteiger partial charge on any atom is -0.489 e. The minimum atomic E-state index is -2.66. The van der Waals surface area contributed by atoms with Gasteiger partial charge in [-0.3, -0.25) is 14.6 Å². The van der Waals surface area contributed by atoms with Gasteiger partial charge in [0, 0.05) is 96.4 Å². The summed E-state index contributed by atoms with van der Waals surface area (Å²) >= 11 is 7.45. The quantitative estimate of drug-likeness (QED) is 0.135. The predicted octanol–water partition coefficient (Wildman–Crippen LogP) is 10.5. The van der Waals surface area contributed by atoms with Gasteiger partial charge in [0.25, 0.3) is 12.3 Å². The van der Waals surface area contributed by atoms with Crippen LogP contribution in [0.3, 0.4) is 0 Å². The zero-order valence-electron chi connectivity index (χ0n) is 37.1. The number of nitrogens with one attached hydrogen (secondary N) is 1. The largest absolute Gasteiger partial charge is 0.489 e. The van der Waals surface area contributed by atoms with Gasteiger partial charge in [-0.25, -0.2) is 18.7 Å². The molecule has 0 spiro atoms. The summed E-state index contributed by atoms with van der Waals surface area (Å²) in [6, 6.07) is 20.2. The second kappa shape index (κ2) is 17.5. The van der Waals surface area contributed by atoms with E-state index < -0.39 is 17.3 Å². The number of thiazole rings is 1. The number of anilines is 3. The number of ether oxygens (including phenoxy) is 1. The molecule has 1 saturated heterocycles. The molecule has 6 aromatic rings. The van der Waals surface area contributed by atoms with E-state index >= 15 is 0 Å². The molecule has 3 aromatic heterocycles. The summed E-state index contributed by atoms with van der Waals surface area (Å²) in [6.45, 7) is 10.6. The third-order valence-corrected chi connectivity index (χ3v) is 15.2. The molecule has 1 saturated carbocycles. The van der Waals surface area contributed by atoms with Crippen LogP contribution in [0.5, 0.6) is 5.75 Å². The molecule has 3 aromatic carbocycles. The summed E-state index contributed by atoms with van der Waals surface area (Å²) in [5.74, 6) is 1.42. The fourth-order valence-corrected chi connectivity index (χ4v) is 11.6. The molecular weight excluding hydrogens is 866 g/mol. The van der Waals surface area contributed by atoms with Gasteiger partial charge < -0.3 is 24.4 Å². The van der Waals surface area contributed by atoms with Crippen LogP contribution in [-0.4, -0.2) is 57.2 Å². The second-order valence-electron chi connectivity index (χ2n) is 18.8. The number of alkyl halides is 2. The highest BCUT2D eigenvalue weighted by atomic mass is 35.5. The van der Waals surface area contributed by atoms with E-state index in [0.29, 0.717) is 51.4 Å². The van der Waals surface area contributed by atoms with Gasteiger partial charge in [0.15, 0.2) is 0 Å². The van der Waals surface area contributed by atoms with Gasteiger partial charge in [0.1, 0.15) is 17.9 Å². The van der Waals surface area contributed by atoms with Crippen LogP contribution in [0.4, 0.5) is 26.1 Å². The number of rotatable bonds is 11. The van der Waals surface area contributed by atoms with E-state index in [1.165, 1.54) is 11.3 Å². The van der Waals surface area contributed by atoms with Crippen LogP contribution in [-0.2, 0) is 19.9 Å². The molecule has 0 radical (unpaired) electrons. The predicted molar refractivity (Wildman–Crippen MR) is 252 cm³/mol. The molecule has 1 amide bonds. The van der Waals surface area contributed by atoms with Crippen LogP contribution < -0.4 is 24.7 Å². The summed E-state index contributed by atoms with van der Waals surface area (Å²) in [5, 5.41) is 12.8. The lowest BCUT2D eigenvalue weighted by Gasteiger charge is -2.63. The summed E-state index contributed by atoms with van der Waals surface area (Å²) < 4.78 is 38.4. The van der Waals surface area contributed by atoms with Crippen molar-refractivity contribution in [2.75, 3.05) is 29.4 Å². The van der Waals surface area contributed by atoms with Gasteiger partial charge in [-0.15, -0.1) is 0 Å². The maximum absolute atomic E-state index is 14.7. The highest BCUT2D eigenvalue weighted by molar-refractivity contribution is 7.16. The van der Waals surface area contributed by atoms with Gasteiger partial charge in [-0.2, -0.15) is 5.26 Å². The van der Waals surface area contributed by atoms with Crippen LogP contribution in [0.25, 0.3) is 21.3 Å². The van der Waals surface area contributed by atoms with Crippen molar-refractivity contribution in [2.45, 2.75) is 84.8 Å². The minimum absolute atomic E-state index is 0.0158. The zero-order chi connectivity index (χ0) is 45.8. The van der Waals surface area contributed by atoms with Crippen LogP contribution in [0, 0.1) is 28.1 Å². The molecule has 0 unspecified atom stereocenters. The van der Waals surface area contributed by atoms with Crippen molar-refractivity contribution in [3.63, 3.8) is 0 Å². The van der Waals surface area contributed by atoms with Gasteiger partial charge >= 0.3 is 4.87 Å². The number of hydrogen-bond donors (Lipinski definition) is 1. The van der Waals surface area contributed by atoms with E-state index in [1.54, 1.807) is 54.5 Å². The summed E-state index contributed by atoms with van der Waals surface area (Å²) in [4.78, 5) is 43.9. The number of hydrogen-bond acceptors (Lipinski definition) is 10. The maximum Gasteiger partial charge on any atom is 0.307 e. The molecular formula is C50H51ClF2N8O3S. The molecule has 0 atom stereocenters. The number of amides is 1. The third-order valence-electron chi connectivity index (χ3n) is 13.9. The molecule has 3 aliphatic rings. The first kappa shape index (κ1) is 44.3. The Kier molecular flexibility index (Phi) is 11.9. The number of benzene rings is 3. The zero-order valence-corrected chi connectivity index (χ0v) is 38.6. The Morgan fingerprint density at radius 1 is 0.985 bits per heavy atom. The fourth-order valence-electron chi connectivity index (χ4n) is 10.5. The Bertz CT molecular complexity index is 2850. The van der Waals surface area contributed by atoms with Crippen molar-refractivity contribution in [3.8, 4) is 22.9 Å². The molecule has 0 bridgehead atoms. The Balaban J connectivity index is 0.778. The molecule has 15 heteroatoms. The third kappa shape index (κ3) is 8.45.